The number of ether oxygens (including phenoxy) is 2. The number of carbonyl (C=O) groups is 1. The molecule has 2 rings (SSSR count). The van der Waals surface area contributed by atoms with E-state index < -0.39 is 5.60 Å². The van der Waals surface area contributed by atoms with E-state index >= 15 is 0 Å². The van der Waals surface area contributed by atoms with Crippen molar-refractivity contribution in [3.8, 4) is 11.5 Å². The normalized spacial score (nSPS) is 17.0. The Morgan fingerprint density at radius 1 is 1.17 bits per heavy atom. The molecule has 0 aromatic heterocycles. The number of carbonyl (C=O) groups excluding carboxylic acids is 1. The zero-order valence-electron chi connectivity index (χ0n) is 13.9. The Morgan fingerprint density at radius 2 is 1.87 bits per heavy atom. The molecule has 0 saturated heterocycles. The third-order valence-corrected chi connectivity index (χ3v) is 4.27. The second-order valence-electron chi connectivity index (χ2n) is 6.01. The molecule has 0 aliphatic heterocycles. The van der Waals surface area contributed by atoms with Crippen LogP contribution in [0.3, 0.4) is 0 Å². The van der Waals surface area contributed by atoms with E-state index in [1.165, 1.54) is 0 Å². The summed E-state index contributed by atoms with van der Waals surface area (Å²) in [5.74, 6) is 1.18. The predicted molar refractivity (Wildman–Crippen MR) is 89.2 cm³/mol. The Kier molecular flexibility index (Phi) is 6.10. The van der Waals surface area contributed by atoms with E-state index in [9.17, 15) is 9.90 Å². The molecule has 0 atom stereocenters. The molecule has 0 bridgehead atoms. The fraction of sp³-hybridized carbons (Fsp3) is 0.588. The summed E-state index contributed by atoms with van der Waals surface area (Å²) in [6.07, 6.45) is 5.77. The predicted octanol–water partition coefficient (Wildman–Crippen LogP) is 2.91. The van der Waals surface area contributed by atoms with Crippen LogP contribution in [0.25, 0.3) is 0 Å². The smallest absolute Gasteiger partial charge is 0.319 e. The number of hydrogen-bond acceptors (Lipinski definition) is 4. The molecule has 2 amide bonds. The number of nitrogens with one attached hydrogen (secondary N) is 2. The van der Waals surface area contributed by atoms with Crippen LogP contribution in [0.15, 0.2) is 18.2 Å². The fourth-order valence-corrected chi connectivity index (χ4v) is 2.89. The first-order chi connectivity index (χ1) is 11.1. The van der Waals surface area contributed by atoms with Gasteiger partial charge in [-0.3, -0.25) is 0 Å². The van der Waals surface area contributed by atoms with Crippen molar-refractivity contribution in [1.82, 2.24) is 5.32 Å². The molecule has 1 aliphatic rings. The number of methoxy groups -OCH3 is 2. The first-order valence-electron chi connectivity index (χ1n) is 8.05. The third-order valence-electron chi connectivity index (χ3n) is 4.27. The second-order valence-corrected chi connectivity index (χ2v) is 6.01. The van der Waals surface area contributed by atoms with Gasteiger partial charge in [0.2, 0.25) is 0 Å². The molecule has 1 aromatic rings. The number of rotatable bonds is 5. The Morgan fingerprint density at radius 3 is 2.48 bits per heavy atom. The third kappa shape index (κ3) is 5.03. The molecule has 6 heteroatoms. The van der Waals surface area contributed by atoms with Crippen LogP contribution >= 0.6 is 0 Å². The maximum Gasteiger partial charge on any atom is 0.319 e. The van der Waals surface area contributed by atoms with Gasteiger partial charge < -0.3 is 25.2 Å². The number of urea groups is 1. The van der Waals surface area contributed by atoms with Crippen LogP contribution in [-0.2, 0) is 0 Å². The van der Waals surface area contributed by atoms with Crippen molar-refractivity contribution in [3.05, 3.63) is 18.2 Å². The summed E-state index contributed by atoms with van der Waals surface area (Å²) in [4.78, 5) is 12.1. The summed E-state index contributed by atoms with van der Waals surface area (Å²) in [6, 6.07) is 4.82. The highest BCUT2D eigenvalue weighted by atomic mass is 16.5. The lowest BCUT2D eigenvalue weighted by Gasteiger charge is -2.26. The van der Waals surface area contributed by atoms with Crippen molar-refractivity contribution >= 4 is 11.7 Å². The van der Waals surface area contributed by atoms with Gasteiger partial charge in [-0.05, 0) is 25.0 Å². The van der Waals surface area contributed by atoms with Crippen molar-refractivity contribution < 1.29 is 19.4 Å². The van der Waals surface area contributed by atoms with E-state index in [0.717, 1.165) is 38.5 Å². The van der Waals surface area contributed by atoms with E-state index in [1.54, 1.807) is 32.4 Å². The average molecular weight is 322 g/mol. The Labute approximate surface area is 137 Å². The van der Waals surface area contributed by atoms with Gasteiger partial charge in [-0.25, -0.2) is 4.79 Å². The molecule has 0 spiro atoms. The summed E-state index contributed by atoms with van der Waals surface area (Å²) in [5.41, 5.74) is -0.274. The van der Waals surface area contributed by atoms with Crippen molar-refractivity contribution in [3.63, 3.8) is 0 Å². The van der Waals surface area contributed by atoms with Gasteiger partial charge in [0.05, 0.1) is 25.5 Å². The minimum Gasteiger partial charge on any atom is -0.497 e. The van der Waals surface area contributed by atoms with E-state index in [2.05, 4.69) is 10.6 Å². The number of hydrogen-bond donors (Lipinski definition) is 3. The maximum atomic E-state index is 12.1. The largest absolute Gasteiger partial charge is 0.497 e. The molecule has 0 unspecified atom stereocenters. The van der Waals surface area contributed by atoms with Crippen molar-refractivity contribution in [2.75, 3.05) is 26.1 Å². The summed E-state index contributed by atoms with van der Waals surface area (Å²) < 4.78 is 10.4. The monoisotopic (exact) mass is 322 g/mol. The first kappa shape index (κ1) is 17.4. The Bertz CT molecular complexity index is 525. The molecule has 3 N–H and O–H groups in total. The lowest BCUT2D eigenvalue weighted by molar-refractivity contribution is 0.0281. The molecule has 0 radical (unpaired) electrons. The number of anilines is 1. The SMILES string of the molecule is COc1ccc(OC)c(NC(=O)NCC2(O)CCCCCC2)c1. The Balaban J connectivity index is 1.94. The quantitative estimate of drug-likeness (QED) is 0.728. The van der Waals surface area contributed by atoms with Crippen molar-refractivity contribution in [2.24, 2.45) is 0 Å². The summed E-state index contributed by atoms with van der Waals surface area (Å²) in [6.45, 7) is 0.255. The lowest BCUT2D eigenvalue weighted by Crippen LogP contribution is -2.44. The molecular weight excluding hydrogens is 296 g/mol. The molecular formula is C17H26N2O4. The lowest BCUT2D eigenvalue weighted by atomic mass is 9.95. The van der Waals surface area contributed by atoms with Gasteiger partial charge in [-0.2, -0.15) is 0 Å². The molecule has 23 heavy (non-hydrogen) atoms. The average Bonchev–Trinajstić information content (AvgIpc) is 2.78. The number of amides is 2. The minimum atomic E-state index is -0.799. The number of benzene rings is 1. The van der Waals surface area contributed by atoms with Crippen LogP contribution in [0.5, 0.6) is 11.5 Å². The highest BCUT2D eigenvalue weighted by Gasteiger charge is 2.28. The molecule has 0 heterocycles. The topological polar surface area (TPSA) is 79.8 Å². The van der Waals surface area contributed by atoms with Gasteiger partial charge in [0.25, 0.3) is 0 Å². The van der Waals surface area contributed by atoms with Crippen LogP contribution in [0.1, 0.15) is 38.5 Å². The Hall–Kier alpha value is -1.95. The van der Waals surface area contributed by atoms with Crippen LogP contribution in [-0.4, -0.2) is 37.5 Å². The van der Waals surface area contributed by atoms with E-state index in [1.807, 2.05) is 0 Å². The van der Waals surface area contributed by atoms with Crippen LogP contribution in [0.4, 0.5) is 10.5 Å². The van der Waals surface area contributed by atoms with Crippen molar-refractivity contribution in [1.29, 1.82) is 0 Å². The molecule has 1 aromatic carbocycles. The highest BCUT2D eigenvalue weighted by Crippen LogP contribution is 2.29. The maximum absolute atomic E-state index is 12.1. The van der Waals surface area contributed by atoms with Gasteiger partial charge in [-0.1, -0.05) is 25.7 Å². The van der Waals surface area contributed by atoms with Crippen LogP contribution in [0, 0.1) is 0 Å². The zero-order valence-corrected chi connectivity index (χ0v) is 13.9. The van der Waals surface area contributed by atoms with Gasteiger partial charge in [0, 0.05) is 12.6 Å². The molecule has 6 nitrogen and oxygen atoms in total. The zero-order chi connectivity index (χ0) is 16.7. The molecule has 1 aliphatic carbocycles. The first-order valence-corrected chi connectivity index (χ1v) is 8.05. The molecule has 1 saturated carbocycles. The van der Waals surface area contributed by atoms with Crippen molar-refractivity contribution in [2.45, 2.75) is 44.1 Å². The molecule has 1 fully saturated rings. The summed E-state index contributed by atoms with van der Waals surface area (Å²) in [7, 11) is 3.10. The fourth-order valence-electron chi connectivity index (χ4n) is 2.89. The summed E-state index contributed by atoms with van der Waals surface area (Å²) >= 11 is 0. The van der Waals surface area contributed by atoms with Gasteiger partial charge in [0.1, 0.15) is 11.5 Å². The highest BCUT2D eigenvalue weighted by molar-refractivity contribution is 5.91. The van der Waals surface area contributed by atoms with E-state index in [4.69, 9.17) is 9.47 Å². The van der Waals surface area contributed by atoms with E-state index in [-0.39, 0.29) is 12.6 Å². The second kappa shape index (κ2) is 8.06. The van der Waals surface area contributed by atoms with Gasteiger partial charge >= 0.3 is 6.03 Å². The van der Waals surface area contributed by atoms with Crippen LogP contribution in [0.2, 0.25) is 0 Å². The summed E-state index contributed by atoms with van der Waals surface area (Å²) in [5, 5.41) is 16.1. The minimum absolute atomic E-state index is 0.255. The van der Waals surface area contributed by atoms with Gasteiger partial charge in [0.15, 0.2) is 0 Å². The number of aliphatic hydroxyl groups is 1. The molecule has 128 valence electrons. The van der Waals surface area contributed by atoms with E-state index in [0.29, 0.717) is 17.2 Å². The standard InChI is InChI=1S/C17H26N2O4/c1-22-13-7-8-15(23-2)14(11-13)19-16(20)18-12-17(21)9-5-3-4-6-10-17/h7-8,11,21H,3-6,9-10,12H2,1-2H3,(H2,18,19,20). The van der Waals surface area contributed by atoms with Crippen LogP contribution < -0.4 is 20.1 Å². The van der Waals surface area contributed by atoms with Gasteiger partial charge in [-0.15, -0.1) is 0 Å².